The van der Waals surface area contributed by atoms with Crippen LogP contribution in [-0.4, -0.2) is 62.2 Å². The Labute approximate surface area is 175 Å². The summed E-state index contributed by atoms with van der Waals surface area (Å²) in [7, 11) is 3.79. The molecule has 1 saturated heterocycles. The normalized spacial score (nSPS) is 15.2. The third kappa shape index (κ3) is 5.69. The number of rotatable bonds is 7. The Hall–Kier alpha value is -2.12. The van der Waals surface area contributed by atoms with Gasteiger partial charge in [-0.2, -0.15) is 0 Å². The summed E-state index contributed by atoms with van der Waals surface area (Å²) >= 11 is 3.42. The molecule has 2 aromatic rings. The van der Waals surface area contributed by atoms with Gasteiger partial charge in [0.05, 0.1) is 5.56 Å². The second kappa shape index (κ2) is 9.89. The van der Waals surface area contributed by atoms with Crippen LogP contribution < -0.4 is 15.0 Å². The molecule has 150 valence electrons. The molecule has 0 bridgehead atoms. The first-order valence-electron chi connectivity index (χ1n) is 9.57. The Morgan fingerprint density at radius 2 is 1.96 bits per heavy atom. The Bertz CT molecular complexity index is 774. The van der Waals surface area contributed by atoms with Crippen molar-refractivity contribution in [2.45, 2.75) is 18.9 Å². The number of likely N-dealkylation sites (tertiary alicyclic amines) is 1. The number of nitrogens with zero attached hydrogens (tertiary/aromatic N) is 3. The average molecular weight is 447 g/mol. The number of amides is 1. The number of benzene rings is 1. The van der Waals surface area contributed by atoms with Gasteiger partial charge in [0.15, 0.2) is 0 Å². The number of hydrogen-bond donors (Lipinski definition) is 1. The van der Waals surface area contributed by atoms with Crippen LogP contribution in [0.15, 0.2) is 47.1 Å². The van der Waals surface area contributed by atoms with Gasteiger partial charge >= 0.3 is 0 Å². The van der Waals surface area contributed by atoms with Crippen LogP contribution >= 0.6 is 15.9 Å². The van der Waals surface area contributed by atoms with Crippen molar-refractivity contribution >= 4 is 27.7 Å². The number of pyridine rings is 1. The highest BCUT2D eigenvalue weighted by atomic mass is 79.9. The molecule has 2 heterocycles. The molecule has 1 aromatic carbocycles. The van der Waals surface area contributed by atoms with Gasteiger partial charge in [0, 0.05) is 50.4 Å². The smallest absolute Gasteiger partial charge is 0.255 e. The van der Waals surface area contributed by atoms with Crippen LogP contribution in [0.1, 0.15) is 23.2 Å². The van der Waals surface area contributed by atoms with Crippen molar-refractivity contribution in [2.75, 3.05) is 45.2 Å². The fourth-order valence-electron chi connectivity index (χ4n) is 3.32. The Balaban J connectivity index is 1.41. The molecule has 6 nitrogen and oxygen atoms in total. The second-order valence-electron chi connectivity index (χ2n) is 7.16. The molecule has 1 aromatic heterocycles. The van der Waals surface area contributed by atoms with Crippen LogP contribution in [0, 0.1) is 0 Å². The first-order valence-corrected chi connectivity index (χ1v) is 10.4. The highest BCUT2D eigenvalue weighted by Crippen LogP contribution is 2.18. The van der Waals surface area contributed by atoms with Gasteiger partial charge in [-0.05, 0) is 49.2 Å². The number of nitrogens with one attached hydrogen (secondary N) is 1. The number of ether oxygens (including phenoxy) is 1. The zero-order valence-corrected chi connectivity index (χ0v) is 18.0. The van der Waals surface area contributed by atoms with Crippen molar-refractivity contribution < 1.29 is 9.53 Å². The lowest BCUT2D eigenvalue weighted by atomic mass is 10.0. The Morgan fingerprint density at radius 1 is 1.25 bits per heavy atom. The highest BCUT2D eigenvalue weighted by Gasteiger charge is 2.22. The van der Waals surface area contributed by atoms with Crippen LogP contribution in [-0.2, 0) is 0 Å². The van der Waals surface area contributed by atoms with Crippen molar-refractivity contribution in [3.05, 3.63) is 52.6 Å². The minimum atomic E-state index is -0.0474. The number of piperidine rings is 1. The monoisotopic (exact) mass is 446 g/mol. The standard InChI is InChI=1S/C21H27BrN4O2/c1-25(2)20-19(4-3-11-23-20)21(27)24-17-9-12-26(13-10-17)14-15-28-18-7-5-16(22)6-8-18/h3-8,11,17H,9-10,12-15H2,1-2H3,(H,24,27). The van der Waals surface area contributed by atoms with E-state index in [2.05, 4.69) is 31.1 Å². The minimum Gasteiger partial charge on any atom is -0.492 e. The molecular formula is C21H27BrN4O2. The molecular weight excluding hydrogens is 420 g/mol. The number of halogens is 1. The largest absolute Gasteiger partial charge is 0.492 e. The van der Waals surface area contributed by atoms with E-state index in [1.165, 1.54) is 0 Å². The van der Waals surface area contributed by atoms with E-state index in [0.29, 0.717) is 18.0 Å². The number of aromatic nitrogens is 1. The fourth-order valence-corrected chi connectivity index (χ4v) is 3.58. The molecule has 0 atom stereocenters. The molecule has 1 aliphatic rings. The lowest BCUT2D eigenvalue weighted by Gasteiger charge is -2.32. The lowest BCUT2D eigenvalue weighted by Crippen LogP contribution is -2.45. The maximum Gasteiger partial charge on any atom is 0.255 e. The first-order chi connectivity index (χ1) is 13.5. The molecule has 0 spiro atoms. The molecule has 0 saturated carbocycles. The maximum absolute atomic E-state index is 12.7. The first kappa shape index (κ1) is 20.6. The van der Waals surface area contributed by atoms with Gasteiger partial charge < -0.3 is 15.0 Å². The quantitative estimate of drug-likeness (QED) is 0.707. The summed E-state index contributed by atoms with van der Waals surface area (Å²) in [6, 6.07) is 11.7. The molecule has 0 aliphatic carbocycles. The highest BCUT2D eigenvalue weighted by molar-refractivity contribution is 9.10. The van der Waals surface area contributed by atoms with E-state index in [4.69, 9.17) is 4.74 Å². The van der Waals surface area contributed by atoms with Gasteiger partial charge in [-0.15, -0.1) is 0 Å². The van der Waals surface area contributed by atoms with E-state index in [0.717, 1.165) is 42.7 Å². The van der Waals surface area contributed by atoms with Gasteiger partial charge in [0.25, 0.3) is 5.91 Å². The lowest BCUT2D eigenvalue weighted by molar-refractivity contribution is 0.0905. The third-order valence-corrected chi connectivity index (χ3v) is 5.40. The zero-order valence-electron chi connectivity index (χ0n) is 16.4. The topological polar surface area (TPSA) is 57.7 Å². The van der Waals surface area contributed by atoms with Gasteiger partial charge in [0.2, 0.25) is 0 Å². The third-order valence-electron chi connectivity index (χ3n) is 4.87. The molecule has 3 rings (SSSR count). The average Bonchev–Trinajstić information content (AvgIpc) is 2.70. The number of anilines is 1. The van der Waals surface area contributed by atoms with Crippen LogP contribution in [0.4, 0.5) is 5.82 Å². The van der Waals surface area contributed by atoms with Crippen molar-refractivity contribution in [2.24, 2.45) is 0 Å². The van der Waals surface area contributed by atoms with Crippen molar-refractivity contribution in [1.29, 1.82) is 0 Å². The van der Waals surface area contributed by atoms with E-state index >= 15 is 0 Å². The molecule has 0 unspecified atom stereocenters. The minimum absolute atomic E-state index is 0.0474. The molecule has 1 fully saturated rings. The summed E-state index contributed by atoms with van der Waals surface area (Å²) in [6.07, 6.45) is 3.60. The van der Waals surface area contributed by atoms with E-state index in [1.54, 1.807) is 12.3 Å². The van der Waals surface area contributed by atoms with Gasteiger partial charge in [0.1, 0.15) is 18.2 Å². The predicted octanol–water partition coefficient (Wildman–Crippen LogP) is 3.18. The van der Waals surface area contributed by atoms with Crippen LogP contribution in [0.5, 0.6) is 5.75 Å². The van der Waals surface area contributed by atoms with E-state index < -0.39 is 0 Å². The Kier molecular flexibility index (Phi) is 7.28. The number of carbonyl (C=O) groups excluding carboxylic acids is 1. The number of carbonyl (C=O) groups is 1. The number of hydrogen-bond acceptors (Lipinski definition) is 5. The summed E-state index contributed by atoms with van der Waals surface area (Å²) < 4.78 is 6.85. The SMILES string of the molecule is CN(C)c1ncccc1C(=O)NC1CCN(CCOc2ccc(Br)cc2)CC1. The summed E-state index contributed by atoms with van der Waals surface area (Å²) in [6.45, 7) is 3.48. The zero-order chi connectivity index (χ0) is 19.9. The van der Waals surface area contributed by atoms with E-state index in [1.807, 2.05) is 49.3 Å². The molecule has 1 aliphatic heterocycles. The van der Waals surface area contributed by atoms with Crippen molar-refractivity contribution in [3.63, 3.8) is 0 Å². The van der Waals surface area contributed by atoms with Crippen LogP contribution in [0.2, 0.25) is 0 Å². The second-order valence-corrected chi connectivity index (χ2v) is 8.08. The van der Waals surface area contributed by atoms with Crippen molar-refractivity contribution in [1.82, 2.24) is 15.2 Å². The summed E-state index contributed by atoms with van der Waals surface area (Å²) in [5.74, 6) is 1.54. The molecule has 1 N–H and O–H groups in total. The predicted molar refractivity (Wildman–Crippen MR) is 115 cm³/mol. The molecule has 1 amide bonds. The maximum atomic E-state index is 12.7. The molecule has 0 radical (unpaired) electrons. The van der Waals surface area contributed by atoms with Gasteiger partial charge in [-0.25, -0.2) is 4.98 Å². The van der Waals surface area contributed by atoms with E-state index in [-0.39, 0.29) is 11.9 Å². The molecule has 28 heavy (non-hydrogen) atoms. The summed E-state index contributed by atoms with van der Waals surface area (Å²) in [5, 5.41) is 3.17. The summed E-state index contributed by atoms with van der Waals surface area (Å²) in [4.78, 5) is 21.2. The van der Waals surface area contributed by atoms with Crippen molar-refractivity contribution in [3.8, 4) is 5.75 Å². The summed E-state index contributed by atoms with van der Waals surface area (Å²) in [5.41, 5.74) is 0.623. The van der Waals surface area contributed by atoms with Crippen LogP contribution in [0.25, 0.3) is 0 Å². The van der Waals surface area contributed by atoms with E-state index in [9.17, 15) is 4.79 Å². The Morgan fingerprint density at radius 3 is 2.64 bits per heavy atom. The molecule has 7 heteroatoms. The van der Waals surface area contributed by atoms with Gasteiger partial charge in [-0.3, -0.25) is 9.69 Å². The fraction of sp³-hybridized carbons (Fsp3) is 0.429. The van der Waals surface area contributed by atoms with Crippen LogP contribution in [0.3, 0.4) is 0 Å². The van der Waals surface area contributed by atoms with Gasteiger partial charge in [-0.1, -0.05) is 15.9 Å².